The minimum atomic E-state index is -1.11. The van der Waals surface area contributed by atoms with Crippen molar-refractivity contribution in [2.75, 3.05) is 25.2 Å². The molecule has 10 nitrogen and oxygen atoms in total. The van der Waals surface area contributed by atoms with Gasteiger partial charge >= 0.3 is 0 Å². The number of aliphatic hydroxyl groups is 1. The molecular weight excluding hydrogens is 670 g/mol. The van der Waals surface area contributed by atoms with Crippen LogP contribution in [0.15, 0.2) is 86.8 Å². The molecule has 254 valence electrons. The van der Waals surface area contributed by atoms with Crippen LogP contribution in [-0.2, 0) is 10.5 Å². The van der Waals surface area contributed by atoms with Crippen LogP contribution in [0.5, 0.6) is 17.2 Å². The number of halogens is 1. The van der Waals surface area contributed by atoms with Crippen molar-refractivity contribution in [2.45, 2.75) is 43.3 Å². The van der Waals surface area contributed by atoms with Gasteiger partial charge in [0.1, 0.15) is 5.82 Å². The van der Waals surface area contributed by atoms with E-state index in [9.17, 15) is 19.1 Å². The number of rotatable bonds is 14. The van der Waals surface area contributed by atoms with Crippen LogP contribution in [0.1, 0.15) is 54.9 Å². The van der Waals surface area contributed by atoms with E-state index in [2.05, 4.69) is 24.0 Å². The van der Waals surface area contributed by atoms with Crippen LogP contribution in [-0.4, -0.2) is 47.3 Å². The number of hydrogen-bond donors (Lipinski definition) is 1. The van der Waals surface area contributed by atoms with Crippen LogP contribution >= 0.6 is 23.1 Å². The first kappa shape index (κ1) is 34.0. The van der Waals surface area contributed by atoms with Gasteiger partial charge in [0.2, 0.25) is 10.9 Å². The lowest BCUT2D eigenvalue weighted by molar-refractivity contribution is -0.117. The van der Waals surface area contributed by atoms with Crippen molar-refractivity contribution >= 4 is 50.9 Å². The van der Waals surface area contributed by atoms with Gasteiger partial charge in [-0.3, -0.25) is 14.5 Å². The van der Waals surface area contributed by atoms with Gasteiger partial charge in [-0.1, -0.05) is 67.3 Å². The number of fused-ring (bicyclic) bond motifs is 1. The third-order valence-corrected chi connectivity index (χ3v) is 9.95. The van der Waals surface area contributed by atoms with Gasteiger partial charge in [-0.15, -0.1) is 10.2 Å². The van der Waals surface area contributed by atoms with Crippen molar-refractivity contribution in [1.82, 2.24) is 10.2 Å². The van der Waals surface area contributed by atoms with Gasteiger partial charge < -0.3 is 23.7 Å². The van der Waals surface area contributed by atoms with Crippen LogP contribution in [0.4, 0.5) is 9.52 Å². The van der Waals surface area contributed by atoms with Crippen LogP contribution in [0.25, 0.3) is 11.0 Å². The standard InChI is InChI=1S/C36H34FN3O7S2/c1-5-45-27-17-22(11-14-25(27)46-16-15-20(2)3)30-29(31(41)28-18-23-7-6-8-26(44-4)33(23)47-28)32(42)34(43)40(30)35-38-39-36(49-35)48-19-21-9-12-24(37)13-10-21/h6-14,17-18,20,30,42H,5,15-16,19H2,1-4H3. The summed E-state index contributed by atoms with van der Waals surface area (Å²) < 4.78 is 37.3. The maximum atomic E-state index is 14.3. The van der Waals surface area contributed by atoms with Crippen molar-refractivity contribution in [3.63, 3.8) is 0 Å². The Morgan fingerprint density at radius 2 is 1.86 bits per heavy atom. The summed E-state index contributed by atoms with van der Waals surface area (Å²) in [6, 6.07) is 17.0. The van der Waals surface area contributed by atoms with Crippen molar-refractivity contribution in [3.05, 3.63) is 101 Å². The Labute approximate surface area is 290 Å². The second-order valence-corrected chi connectivity index (χ2v) is 13.8. The molecule has 3 heterocycles. The topological polar surface area (TPSA) is 124 Å². The molecule has 5 aromatic rings. The Morgan fingerprint density at radius 3 is 2.59 bits per heavy atom. The summed E-state index contributed by atoms with van der Waals surface area (Å²) in [5.41, 5.74) is 1.53. The number of hydrogen-bond acceptors (Lipinski definition) is 11. The van der Waals surface area contributed by atoms with E-state index in [0.717, 1.165) is 23.3 Å². The molecule has 0 saturated heterocycles. The average Bonchev–Trinajstić information content (AvgIpc) is 3.81. The number of anilines is 1. The minimum absolute atomic E-state index is 0.0767. The summed E-state index contributed by atoms with van der Waals surface area (Å²) >= 11 is 2.50. The van der Waals surface area contributed by atoms with E-state index in [1.54, 1.807) is 54.6 Å². The van der Waals surface area contributed by atoms with Gasteiger partial charge in [0.15, 0.2) is 38.7 Å². The highest BCUT2D eigenvalue weighted by Crippen LogP contribution is 2.46. The number of para-hydroxylation sites is 1. The Kier molecular flexibility index (Phi) is 10.2. The fourth-order valence-corrected chi connectivity index (χ4v) is 7.19. The molecule has 1 aliphatic heterocycles. The Hall–Kier alpha value is -4.88. The van der Waals surface area contributed by atoms with E-state index < -0.39 is 23.5 Å². The quantitative estimate of drug-likeness (QED) is 0.0686. The van der Waals surface area contributed by atoms with Gasteiger partial charge in [0.05, 0.1) is 31.9 Å². The highest BCUT2D eigenvalue weighted by atomic mass is 32.2. The molecule has 1 amide bonds. The molecule has 0 aliphatic carbocycles. The lowest BCUT2D eigenvalue weighted by atomic mass is 9.95. The number of furan rings is 1. The molecule has 1 atom stereocenters. The van der Waals surface area contributed by atoms with E-state index in [1.807, 2.05) is 6.92 Å². The summed E-state index contributed by atoms with van der Waals surface area (Å²) in [6.45, 7) is 6.89. The van der Waals surface area contributed by atoms with E-state index in [0.29, 0.717) is 63.0 Å². The minimum Gasteiger partial charge on any atom is -0.503 e. The molecular formula is C36H34FN3O7S2. The molecule has 0 spiro atoms. The third-order valence-electron chi connectivity index (χ3n) is 7.82. The number of nitrogens with zero attached hydrogens (tertiary/aromatic N) is 3. The van der Waals surface area contributed by atoms with Crippen LogP contribution < -0.4 is 19.1 Å². The maximum Gasteiger partial charge on any atom is 0.296 e. The fourth-order valence-electron chi connectivity index (χ4n) is 5.36. The summed E-state index contributed by atoms with van der Waals surface area (Å²) in [6.07, 6.45) is 0.842. The second kappa shape index (κ2) is 14.7. The monoisotopic (exact) mass is 703 g/mol. The Morgan fingerprint density at radius 1 is 1.06 bits per heavy atom. The lowest BCUT2D eigenvalue weighted by Gasteiger charge is -2.25. The molecule has 2 aromatic heterocycles. The zero-order valence-corrected chi connectivity index (χ0v) is 28.9. The first-order chi connectivity index (χ1) is 23.7. The van der Waals surface area contributed by atoms with Crippen molar-refractivity contribution < 1.29 is 37.7 Å². The maximum absolute atomic E-state index is 14.3. The number of aliphatic hydroxyl groups excluding tert-OH is 1. The van der Waals surface area contributed by atoms with Crippen molar-refractivity contribution in [3.8, 4) is 17.2 Å². The summed E-state index contributed by atoms with van der Waals surface area (Å²) in [4.78, 5) is 29.4. The van der Waals surface area contributed by atoms with Crippen LogP contribution in [0, 0.1) is 11.7 Å². The Bertz CT molecular complexity index is 2020. The normalized spacial score (nSPS) is 14.7. The van der Waals surface area contributed by atoms with E-state index >= 15 is 0 Å². The molecule has 1 unspecified atom stereocenters. The number of benzene rings is 3. The number of aromatic nitrogens is 2. The highest BCUT2D eigenvalue weighted by molar-refractivity contribution is 8.00. The molecule has 1 N–H and O–H groups in total. The largest absolute Gasteiger partial charge is 0.503 e. The molecule has 0 bridgehead atoms. The number of Topliss-reactive ketones (excluding diaryl/α,β-unsaturated/α-hetero) is 1. The summed E-state index contributed by atoms with van der Waals surface area (Å²) in [7, 11) is 1.50. The van der Waals surface area contributed by atoms with Gasteiger partial charge in [-0.2, -0.15) is 0 Å². The molecule has 0 saturated carbocycles. The van der Waals surface area contributed by atoms with Gasteiger partial charge in [-0.25, -0.2) is 4.39 Å². The van der Waals surface area contributed by atoms with Crippen molar-refractivity contribution in [1.29, 1.82) is 0 Å². The number of amides is 1. The van der Waals surface area contributed by atoms with Gasteiger partial charge in [0, 0.05) is 11.1 Å². The second-order valence-electron chi connectivity index (χ2n) is 11.6. The molecule has 3 aromatic carbocycles. The molecule has 0 fully saturated rings. The molecule has 6 rings (SSSR count). The third kappa shape index (κ3) is 7.13. The number of carbonyl (C=O) groups is 2. The zero-order chi connectivity index (χ0) is 34.7. The summed E-state index contributed by atoms with van der Waals surface area (Å²) in [5.74, 6) is -0.314. The number of ether oxygens (including phenoxy) is 3. The first-order valence-corrected chi connectivity index (χ1v) is 17.5. The van der Waals surface area contributed by atoms with E-state index in [-0.39, 0.29) is 22.3 Å². The average molecular weight is 704 g/mol. The number of methoxy groups -OCH3 is 1. The van der Waals surface area contributed by atoms with Gasteiger partial charge in [0.25, 0.3) is 5.91 Å². The number of carbonyl (C=O) groups excluding carboxylic acids is 2. The van der Waals surface area contributed by atoms with Gasteiger partial charge in [-0.05, 0) is 66.8 Å². The fraction of sp³-hybridized carbons (Fsp3) is 0.278. The van der Waals surface area contributed by atoms with Crippen molar-refractivity contribution in [2.24, 2.45) is 5.92 Å². The molecule has 49 heavy (non-hydrogen) atoms. The smallest absolute Gasteiger partial charge is 0.296 e. The number of thioether (sulfide) groups is 1. The molecule has 13 heteroatoms. The lowest BCUT2D eigenvalue weighted by Crippen LogP contribution is -2.31. The predicted octanol–water partition coefficient (Wildman–Crippen LogP) is 8.33. The molecule has 0 radical (unpaired) electrons. The summed E-state index contributed by atoms with van der Waals surface area (Å²) in [5, 5.41) is 20.7. The van der Waals surface area contributed by atoms with E-state index in [1.165, 1.54) is 35.9 Å². The highest BCUT2D eigenvalue weighted by Gasteiger charge is 2.47. The first-order valence-electron chi connectivity index (χ1n) is 15.7. The Balaban J connectivity index is 1.39. The van der Waals surface area contributed by atoms with Crippen LogP contribution in [0.2, 0.25) is 0 Å². The van der Waals surface area contributed by atoms with E-state index in [4.69, 9.17) is 18.6 Å². The molecule has 1 aliphatic rings. The van der Waals surface area contributed by atoms with Crippen LogP contribution in [0.3, 0.4) is 0 Å². The zero-order valence-electron chi connectivity index (χ0n) is 27.3. The SMILES string of the molecule is CCOc1cc(C2C(C(=O)c3cc4cccc(OC)c4o3)=C(O)C(=O)N2c2nnc(SCc3ccc(F)cc3)s2)ccc1OCCC(C)C. The predicted molar refractivity (Wildman–Crippen MR) is 185 cm³/mol. The number of ketones is 1.